The largest absolute Gasteiger partial charge is 0.493 e. The maximum atomic E-state index is 14.1. The lowest BCUT2D eigenvalue weighted by Crippen LogP contribution is -2.46. The number of nitrogens with zero attached hydrogens (tertiary/aromatic N) is 4. The Kier molecular flexibility index (Phi) is 10.1. The highest BCUT2D eigenvalue weighted by Crippen LogP contribution is 2.40. The summed E-state index contributed by atoms with van der Waals surface area (Å²) in [6.45, 7) is 7.29. The van der Waals surface area contributed by atoms with Crippen molar-refractivity contribution in [2.24, 2.45) is 0 Å². The molecular formula is C29H40N4O5S. The lowest BCUT2D eigenvalue weighted by Gasteiger charge is -2.36. The molecule has 1 saturated heterocycles. The Labute approximate surface area is 236 Å². The Bertz CT molecular complexity index is 1150. The SMILES string of the molecule is CCN1CCN(c2cccc3c2C(=O)N([C@H](CCCCOSN(C)C)c2ccc(OC)c(OC)c2)C3=O)CC1. The van der Waals surface area contributed by atoms with Crippen LogP contribution in [0.1, 0.15) is 58.5 Å². The number of anilines is 1. The normalized spacial score (nSPS) is 16.7. The number of ether oxygens (including phenoxy) is 2. The number of carbonyl (C=O) groups is 2. The van der Waals surface area contributed by atoms with Gasteiger partial charge in [-0.3, -0.25) is 14.5 Å². The van der Waals surface area contributed by atoms with Crippen LogP contribution in [0.5, 0.6) is 11.5 Å². The minimum absolute atomic E-state index is 0.234. The highest BCUT2D eigenvalue weighted by molar-refractivity contribution is 7.92. The monoisotopic (exact) mass is 556 g/mol. The van der Waals surface area contributed by atoms with E-state index in [1.54, 1.807) is 20.3 Å². The van der Waals surface area contributed by atoms with E-state index in [2.05, 4.69) is 16.7 Å². The third-order valence-electron chi connectivity index (χ3n) is 7.35. The van der Waals surface area contributed by atoms with E-state index in [1.165, 1.54) is 17.1 Å². The van der Waals surface area contributed by atoms with E-state index < -0.39 is 6.04 Å². The number of unbranched alkanes of at least 4 members (excludes halogenated alkanes) is 1. The Morgan fingerprint density at radius 1 is 0.949 bits per heavy atom. The molecule has 10 heteroatoms. The van der Waals surface area contributed by atoms with Crippen molar-refractivity contribution in [3.05, 3.63) is 53.1 Å². The van der Waals surface area contributed by atoms with Gasteiger partial charge in [0.25, 0.3) is 11.8 Å². The van der Waals surface area contributed by atoms with Gasteiger partial charge in [0.15, 0.2) is 11.5 Å². The number of likely N-dealkylation sites (N-methyl/N-ethyl adjacent to an activating group) is 1. The van der Waals surface area contributed by atoms with Crippen LogP contribution in [0.2, 0.25) is 0 Å². The molecule has 0 aliphatic carbocycles. The van der Waals surface area contributed by atoms with Crippen molar-refractivity contribution in [1.29, 1.82) is 0 Å². The molecule has 2 aromatic carbocycles. The second-order valence-electron chi connectivity index (χ2n) is 9.94. The Balaban J connectivity index is 1.61. The van der Waals surface area contributed by atoms with E-state index in [0.29, 0.717) is 35.7 Å². The molecule has 2 aliphatic heterocycles. The molecule has 4 rings (SSSR count). The molecule has 2 amide bonds. The van der Waals surface area contributed by atoms with Gasteiger partial charge >= 0.3 is 0 Å². The van der Waals surface area contributed by atoms with Crippen LogP contribution in [0.25, 0.3) is 0 Å². The van der Waals surface area contributed by atoms with Crippen LogP contribution in [0.4, 0.5) is 5.69 Å². The fourth-order valence-electron chi connectivity index (χ4n) is 5.28. The standard InChI is InChI=1S/C29H40N4O5S/c1-6-31-15-17-32(18-16-31)24-12-9-10-22-27(24)29(35)33(28(22)34)23(11-7-8-19-38-39-30(2)3)21-13-14-25(36-4)26(20-21)37-5/h9-10,12-14,20,23H,6-8,11,15-19H2,1-5H3/t23-/m1/s1. The highest BCUT2D eigenvalue weighted by atomic mass is 32.2. The number of hydrogen-bond donors (Lipinski definition) is 0. The van der Waals surface area contributed by atoms with Gasteiger partial charge in [-0.05, 0) is 69.7 Å². The lowest BCUT2D eigenvalue weighted by molar-refractivity contribution is 0.0571. The highest BCUT2D eigenvalue weighted by Gasteiger charge is 2.43. The lowest BCUT2D eigenvalue weighted by atomic mass is 9.98. The smallest absolute Gasteiger partial charge is 0.264 e. The first-order valence-corrected chi connectivity index (χ1v) is 14.3. The molecule has 0 bridgehead atoms. The van der Waals surface area contributed by atoms with Crippen LogP contribution in [0.3, 0.4) is 0 Å². The second-order valence-corrected chi connectivity index (χ2v) is 11.1. The summed E-state index contributed by atoms with van der Waals surface area (Å²) in [4.78, 5) is 34.0. The number of methoxy groups -OCH3 is 2. The molecule has 0 unspecified atom stereocenters. The number of amides is 2. The Hall–Kier alpha value is -2.79. The summed E-state index contributed by atoms with van der Waals surface area (Å²) in [5.74, 6) is 0.688. The summed E-state index contributed by atoms with van der Waals surface area (Å²) in [6.07, 6.45) is 2.20. The summed E-state index contributed by atoms with van der Waals surface area (Å²) >= 11 is 1.31. The predicted molar refractivity (Wildman–Crippen MR) is 155 cm³/mol. The molecule has 0 spiro atoms. The molecule has 2 heterocycles. The van der Waals surface area contributed by atoms with E-state index >= 15 is 0 Å². The van der Waals surface area contributed by atoms with Gasteiger partial charge in [0.05, 0.1) is 55.9 Å². The maximum absolute atomic E-state index is 14.1. The minimum atomic E-state index is -0.441. The maximum Gasteiger partial charge on any atom is 0.264 e. The molecule has 1 fully saturated rings. The van der Waals surface area contributed by atoms with E-state index in [-0.39, 0.29) is 11.8 Å². The molecule has 9 nitrogen and oxygen atoms in total. The Morgan fingerprint density at radius 2 is 1.69 bits per heavy atom. The number of hydrogen-bond acceptors (Lipinski definition) is 9. The van der Waals surface area contributed by atoms with Crippen LogP contribution >= 0.6 is 12.2 Å². The molecular weight excluding hydrogens is 516 g/mol. The van der Waals surface area contributed by atoms with Crippen molar-refractivity contribution in [3.8, 4) is 11.5 Å². The van der Waals surface area contributed by atoms with Crippen molar-refractivity contribution in [2.75, 3.05) is 72.5 Å². The van der Waals surface area contributed by atoms with Crippen molar-refractivity contribution in [1.82, 2.24) is 14.1 Å². The molecule has 0 saturated carbocycles. The van der Waals surface area contributed by atoms with Crippen molar-refractivity contribution >= 4 is 29.7 Å². The topological polar surface area (TPSA) is 74.8 Å². The van der Waals surface area contributed by atoms with E-state index in [1.807, 2.05) is 48.7 Å². The zero-order chi connectivity index (χ0) is 27.9. The molecule has 0 N–H and O–H groups in total. The third-order valence-corrected chi connectivity index (χ3v) is 7.92. The van der Waals surface area contributed by atoms with Crippen molar-refractivity contribution < 1.29 is 23.2 Å². The van der Waals surface area contributed by atoms with E-state index in [9.17, 15) is 9.59 Å². The summed E-state index contributed by atoms with van der Waals surface area (Å²) in [5.41, 5.74) is 2.68. The number of imide groups is 1. The number of carbonyl (C=O) groups excluding carboxylic acids is 2. The van der Waals surface area contributed by atoms with Crippen molar-refractivity contribution in [3.63, 3.8) is 0 Å². The van der Waals surface area contributed by atoms with Crippen LogP contribution in [0, 0.1) is 0 Å². The summed E-state index contributed by atoms with van der Waals surface area (Å²) in [6, 6.07) is 10.8. The fraction of sp³-hybridized carbons (Fsp3) is 0.517. The van der Waals surface area contributed by atoms with Gasteiger partial charge in [0.1, 0.15) is 0 Å². The van der Waals surface area contributed by atoms with Gasteiger partial charge in [-0.2, -0.15) is 0 Å². The minimum Gasteiger partial charge on any atom is -0.493 e. The third kappa shape index (κ3) is 6.51. The quantitative estimate of drug-likeness (QED) is 0.153. The molecule has 2 aromatic rings. The first kappa shape index (κ1) is 29.2. The predicted octanol–water partition coefficient (Wildman–Crippen LogP) is 4.49. The Morgan fingerprint density at radius 3 is 2.36 bits per heavy atom. The molecule has 0 radical (unpaired) electrons. The molecule has 2 aliphatic rings. The number of benzene rings is 2. The van der Waals surface area contributed by atoms with Crippen LogP contribution in [0.15, 0.2) is 36.4 Å². The first-order chi connectivity index (χ1) is 18.9. The summed E-state index contributed by atoms with van der Waals surface area (Å²) in [5, 5.41) is 0. The fourth-order valence-corrected chi connectivity index (χ4v) is 5.69. The average Bonchev–Trinajstić information content (AvgIpc) is 3.21. The zero-order valence-electron chi connectivity index (χ0n) is 23.6. The van der Waals surface area contributed by atoms with Crippen LogP contribution in [-0.2, 0) is 4.18 Å². The second kappa shape index (κ2) is 13.5. The van der Waals surface area contributed by atoms with E-state index in [4.69, 9.17) is 13.7 Å². The molecule has 212 valence electrons. The number of fused-ring (bicyclic) bond motifs is 1. The first-order valence-electron chi connectivity index (χ1n) is 13.6. The van der Waals surface area contributed by atoms with Gasteiger partial charge in [0.2, 0.25) is 0 Å². The summed E-state index contributed by atoms with van der Waals surface area (Å²) in [7, 11) is 7.03. The summed E-state index contributed by atoms with van der Waals surface area (Å²) < 4.78 is 18.5. The van der Waals surface area contributed by atoms with Crippen molar-refractivity contribution in [2.45, 2.75) is 32.2 Å². The van der Waals surface area contributed by atoms with Gasteiger partial charge in [-0.25, -0.2) is 4.31 Å². The molecule has 1 atom stereocenters. The van der Waals surface area contributed by atoms with Gasteiger partial charge < -0.3 is 23.5 Å². The number of piperazine rings is 1. The average molecular weight is 557 g/mol. The van der Waals surface area contributed by atoms with Gasteiger partial charge in [-0.15, -0.1) is 0 Å². The number of rotatable bonds is 13. The molecule has 39 heavy (non-hydrogen) atoms. The molecule has 0 aromatic heterocycles. The van der Waals surface area contributed by atoms with Gasteiger partial charge in [0, 0.05) is 26.2 Å². The zero-order valence-corrected chi connectivity index (χ0v) is 24.5. The van der Waals surface area contributed by atoms with Crippen LogP contribution < -0.4 is 14.4 Å². The van der Waals surface area contributed by atoms with E-state index in [0.717, 1.165) is 56.8 Å². The van der Waals surface area contributed by atoms with Crippen LogP contribution in [-0.4, -0.2) is 93.6 Å². The van der Waals surface area contributed by atoms with Gasteiger partial charge in [-0.1, -0.05) is 19.1 Å².